The summed E-state index contributed by atoms with van der Waals surface area (Å²) in [5.41, 5.74) is 0. The molecule has 2 aromatic carbocycles. The molecule has 0 amide bonds. The Balaban J connectivity index is 2.74. The van der Waals surface area contributed by atoms with Gasteiger partial charge < -0.3 is 0 Å². The van der Waals surface area contributed by atoms with Crippen molar-refractivity contribution in [1.29, 1.82) is 0 Å². The minimum Gasteiger partial charge on any atom is -0.218 e. The summed E-state index contributed by atoms with van der Waals surface area (Å²) >= 11 is 0. The zero-order valence-corrected chi connectivity index (χ0v) is 11.2. The van der Waals surface area contributed by atoms with Crippen molar-refractivity contribution in [3.05, 3.63) is 54.6 Å². The Hall–Kier alpha value is -1.73. The SMILES string of the molecule is O=S(=O)(F)c1ccccc1S(=O)(=O)c1ccccc1. The largest absolute Gasteiger partial charge is 0.333 e. The summed E-state index contributed by atoms with van der Waals surface area (Å²) in [6, 6.07) is 11.8. The smallest absolute Gasteiger partial charge is 0.218 e. The lowest BCUT2D eigenvalue weighted by molar-refractivity contribution is 0.546. The lowest BCUT2D eigenvalue weighted by Crippen LogP contribution is -2.07. The molecule has 0 aliphatic heterocycles. The van der Waals surface area contributed by atoms with E-state index in [1.807, 2.05) is 0 Å². The molecule has 19 heavy (non-hydrogen) atoms. The van der Waals surface area contributed by atoms with Crippen molar-refractivity contribution in [2.45, 2.75) is 14.7 Å². The summed E-state index contributed by atoms with van der Waals surface area (Å²) in [5, 5.41) is 0. The highest BCUT2D eigenvalue weighted by Crippen LogP contribution is 2.27. The van der Waals surface area contributed by atoms with Crippen molar-refractivity contribution in [2.24, 2.45) is 0 Å². The topological polar surface area (TPSA) is 68.3 Å². The van der Waals surface area contributed by atoms with Gasteiger partial charge in [0.15, 0.2) is 0 Å². The van der Waals surface area contributed by atoms with Crippen LogP contribution in [-0.4, -0.2) is 16.8 Å². The first-order valence-corrected chi connectivity index (χ1v) is 8.04. The molecule has 0 heterocycles. The normalized spacial score (nSPS) is 12.3. The highest BCUT2D eigenvalue weighted by atomic mass is 32.3. The maximum atomic E-state index is 13.1. The van der Waals surface area contributed by atoms with Gasteiger partial charge in [-0.25, -0.2) is 8.42 Å². The maximum Gasteiger partial charge on any atom is 0.333 e. The number of rotatable bonds is 3. The second-order valence-electron chi connectivity index (χ2n) is 3.70. The Labute approximate surface area is 110 Å². The van der Waals surface area contributed by atoms with Crippen molar-refractivity contribution in [1.82, 2.24) is 0 Å². The van der Waals surface area contributed by atoms with Gasteiger partial charge in [-0.2, -0.15) is 8.42 Å². The van der Waals surface area contributed by atoms with E-state index in [0.717, 1.165) is 12.1 Å². The molecule has 0 aliphatic rings. The van der Waals surface area contributed by atoms with E-state index in [-0.39, 0.29) is 4.90 Å². The molecule has 7 heteroatoms. The fourth-order valence-electron chi connectivity index (χ4n) is 1.60. The van der Waals surface area contributed by atoms with E-state index < -0.39 is 29.9 Å². The van der Waals surface area contributed by atoms with Gasteiger partial charge >= 0.3 is 10.2 Å². The molecule has 0 saturated heterocycles. The Morgan fingerprint density at radius 2 is 1.16 bits per heavy atom. The van der Waals surface area contributed by atoms with Gasteiger partial charge in [0, 0.05) is 0 Å². The molecule has 0 N–H and O–H groups in total. The predicted molar refractivity (Wildman–Crippen MR) is 66.6 cm³/mol. The highest BCUT2D eigenvalue weighted by Gasteiger charge is 2.27. The molecule has 0 bridgehead atoms. The molecule has 2 aromatic rings. The van der Waals surface area contributed by atoms with E-state index in [0.29, 0.717) is 0 Å². The van der Waals surface area contributed by atoms with E-state index in [1.54, 1.807) is 6.07 Å². The van der Waals surface area contributed by atoms with Crippen LogP contribution in [0.4, 0.5) is 3.89 Å². The molecule has 0 aromatic heterocycles. The lowest BCUT2D eigenvalue weighted by atomic mass is 10.4. The van der Waals surface area contributed by atoms with E-state index in [9.17, 15) is 20.7 Å². The Kier molecular flexibility index (Phi) is 3.42. The monoisotopic (exact) mass is 300 g/mol. The second kappa shape index (κ2) is 4.75. The van der Waals surface area contributed by atoms with Crippen molar-refractivity contribution < 1.29 is 20.7 Å². The van der Waals surface area contributed by atoms with Crippen LogP contribution in [0.5, 0.6) is 0 Å². The van der Waals surface area contributed by atoms with Gasteiger partial charge in [-0.1, -0.05) is 30.3 Å². The minimum absolute atomic E-state index is 0.0916. The number of sulfone groups is 1. The Morgan fingerprint density at radius 3 is 1.68 bits per heavy atom. The molecule has 4 nitrogen and oxygen atoms in total. The fraction of sp³-hybridized carbons (Fsp3) is 0. The predicted octanol–water partition coefficient (Wildman–Crippen LogP) is 2.18. The van der Waals surface area contributed by atoms with Crippen LogP contribution in [0.3, 0.4) is 0 Å². The van der Waals surface area contributed by atoms with Crippen LogP contribution >= 0.6 is 0 Å². The van der Waals surface area contributed by atoms with Gasteiger partial charge in [0.1, 0.15) is 4.90 Å². The van der Waals surface area contributed by atoms with Crippen LogP contribution < -0.4 is 0 Å². The molecule has 0 fully saturated rings. The molecule has 0 radical (unpaired) electrons. The number of hydrogen-bond acceptors (Lipinski definition) is 4. The fourth-order valence-corrected chi connectivity index (χ4v) is 4.14. The molecule has 0 aliphatic carbocycles. The van der Waals surface area contributed by atoms with Gasteiger partial charge in [-0.15, -0.1) is 3.89 Å². The molecule has 2 rings (SSSR count). The van der Waals surface area contributed by atoms with Crippen LogP contribution in [0.15, 0.2) is 69.3 Å². The van der Waals surface area contributed by atoms with E-state index in [4.69, 9.17) is 0 Å². The zero-order valence-electron chi connectivity index (χ0n) is 9.52. The third-order valence-electron chi connectivity index (χ3n) is 2.45. The average molecular weight is 300 g/mol. The third kappa shape index (κ3) is 2.66. The van der Waals surface area contributed by atoms with Crippen molar-refractivity contribution in [3.8, 4) is 0 Å². The summed E-state index contributed by atoms with van der Waals surface area (Å²) in [6.45, 7) is 0. The Bertz CT molecular complexity index is 797. The average Bonchev–Trinajstić information content (AvgIpc) is 2.39. The summed E-state index contributed by atoms with van der Waals surface area (Å²) in [4.78, 5) is -1.51. The van der Waals surface area contributed by atoms with Crippen LogP contribution in [0.1, 0.15) is 0 Å². The first-order valence-electron chi connectivity index (χ1n) is 5.17. The van der Waals surface area contributed by atoms with Crippen LogP contribution in [0.2, 0.25) is 0 Å². The van der Waals surface area contributed by atoms with Gasteiger partial charge in [0.25, 0.3) is 0 Å². The summed E-state index contributed by atoms with van der Waals surface area (Å²) in [5.74, 6) is 0. The van der Waals surface area contributed by atoms with Crippen LogP contribution in [-0.2, 0) is 20.1 Å². The first kappa shape index (κ1) is 13.7. The minimum atomic E-state index is -5.10. The van der Waals surface area contributed by atoms with Gasteiger partial charge in [-0.3, -0.25) is 0 Å². The summed E-state index contributed by atoms with van der Waals surface area (Å²) in [6.07, 6.45) is 0. The van der Waals surface area contributed by atoms with Crippen molar-refractivity contribution in [2.75, 3.05) is 0 Å². The standard InChI is InChI=1S/C12H9FO4S2/c13-19(16,17)12-9-5-4-8-11(12)18(14,15)10-6-2-1-3-7-10/h1-9H. The van der Waals surface area contributed by atoms with Crippen molar-refractivity contribution in [3.63, 3.8) is 0 Å². The Morgan fingerprint density at radius 1 is 0.684 bits per heavy atom. The molecular formula is C12H9FO4S2. The highest BCUT2D eigenvalue weighted by molar-refractivity contribution is 7.93. The molecule has 0 saturated carbocycles. The first-order chi connectivity index (χ1) is 8.83. The molecule has 0 unspecified atom stereocenters. The van der Waals surface area contributed by atoms with Crippen LogP contribution in [0, 0.1) is 0 Å². The van der Waals surface area contributed by atoms with E-state index >= 15 is 0 Å². The molecule has 0 spiro atoms. The zero-order chi connectivity index (χ0) is 14.1. The number of halogens is 1. The van der Waals surface area contributed by atoms with Gasteiger partial charge in [0.05, 0.1) is 9.79 Å². The molecule has 100 valence electrons. The van der Waals surface area contributed by atoms with E-state index in [1.165, 1.54) is 36.4 Å². The molecular weight excluding hydrogens is 291 g/mol. The van der Waals surface area contributed by atoms with Gasteiger partial charge in [-0.05, 0) is 24.3 Å². The third-order valence-corrected chi connectivity index (χ3v) is 5.29. The quantitative estimate of drug-likeness (QED) is 0.815. The van der Waals surface area contributed by atoms with Gasteiger partial charge in [0.2, 0.25) is 9.84 Å². The number of benzene rings is 2. The second-order valence-corrected chi connectivity index (χ2v) is 6.93. The summed E-state index contributed by atoms with van der Waals surface area (Å²) in [7, 11) is -9.18. The van der Waals surface area contributed by atoms with E-state index in [2.05, 4.69) is 0 Å². The maximum absolute atomic E-state index is 13.1. The van der Waals surface area contributed by atoms with Crippen molar-refractivity contribution >= 4 is 20.1 Å². The summed E-state index contributed by atoms with van der Waals surface area (Å²) < 4.78 is 59.7. The lowest BCUT2D eigenvalue weighted by Gasteiger charge is -2.07. The van der Waals surface area contributed by atoms with Crippen LogP contribution in [0.25, 0.3) is 0 Å². The molecule has 0 atom stereocenters. The number of hydrogen-bond donors (Lipinski definition) is 0.